The quantitative estimate of drug-likeness (QED) is 0.739. The fraction of sp³-hybridized carbons (Fsp3) is 0.556. The molecule has 6 heteroatoms. The minimum absolute atomic E-state index is 0.257. The monoisotopic (exact) mass is 212 g/mol. The SMILES string of the molecule is Fc1cnc(NCC2COCCN2)nc1. The summed E-state index contributed by atoms with van der Waals surface area (Å²) in [6.07, 6.45) is 2.28. The molecule has 1 unspecified atom stereocenters. The Hall–Kier alpha value is -1.27. The molecule has 1 aromatic rings. The molecular weight excluding hydrogens is 199 g/mol. The highest BCUT2D eigenvalue weighted by Crippen LogP contribution is 1.99. The van der Waals surface area contributed by atoms with Crippen LogP contribution in [0.1, 0.15) is 0 Å². The number of halogens is 1. The number of rotatable bonds is 3. The van der Waals surface area contributed by atoms with E-state index in [0.29, 0.717) is 19.1 Å². The largest absolute Gasteiger partial charge is 0.378 e. The van der Waals surface area contributed by atoms with Gasteiger partial charge in [-0.15, -0.1) is 0 Å². The molecular formula is C9H13FN4O. The molecule has 1 aliphatic rings. The highest BCUT2D eigenvalue weighted by molar-refractivity contribution is 5.22. The van der Waals surface area contributed by atoms with Crippen LogP contribution in [0, 0.1) is 5.82 Å². The van der Waals surface area contributed by atoms with Gasteiger partial charge in [-0.05, 0) is 0 Å². The normalized spacial score (nSPS) is 21.3. The molecule has 1 aliphatic heterocycles. The fourth-order valence-corrected chi connectivity index (χ4v) is 1.37. The van der Waals surface area contributed by atoms with Gasteiger partial charge in [-0.2, -0.15) is 0 Å². The van der Waals surface area contributed by atoms with Gasteiger partial charge in [0.1, 0.15) is 0 Å². The van der Waals surface area contributed by atoms with Crippen molar-refractivity contribution < 1.29 is 9.13 Å². The van der Waals surface area contributed by atoms with E-state index in [1.807, 2.05) is 0 Å². The summed E-state index contributed by atoms with van der Waals surface area (Å²) in [4.78, 5) is 7.59. The zero-order chi connectivity index (χ0) is 10.5. The summed E-state index contributed by atoms with van der Waals surface area (Å²) in [5.74, 6) is 0.00319. The predicted octanol–water partition coefficient (Wildman–Crippen LogP) is 0.0160. The van der Waals surface area contributed by atoms with Gasteiger partial charge in [0.05, 0.1) is 25.6 Å². The summed E-state index contributed by atoms with van der Waals surface area (Å²) in [6.45, 7) is 2.96. The Morgan fingerprint density at radius 2 is 2.33 bits per heavy atom. The van der Waals surface area contributed by atoms with Gasteiger partial charge in [0.2, 0.25) is 5.95 Å². The van der Waals surface area contributed by atoms with Crippen LogP contribution in [0.3, 0.4) is 0 Å². The van der Waals surface area contributed by atoms with Crippen molar-refractivity contribution in [2.45, 2.75) is 6.04 Å². The topological polar surface area (TPSA) is 59.1 Å². The molecule has 2 rings (SSSR count). The Kier molecular flexibility index (Phi) is 3.41. The average Bonchev–Trinajstić information content (AvgIpc) is 2.30. The van der Waals surface area contributed by atoms with E-state index in [4.69, 9.17) is 4.74 Å². The number of nitrogens with one attached hydrogen (secondary N) is 2. The lowest BCUT2D eigenvalue weighted by Gasteiger charge is -2.23. The van der Waals surface area contributed by atoms with E-state index in [-0.39, 0.29) is 6.04 Å². The Morgan fingerprint density at radius 1 is 1.53 bits per heavy atom. The molecule has 0 saturated carbocycles. The molecule has 15 heavy (non-hydrogen) atoms. The van der Waals surface area contributed by atoms with Gasteiger partial charge in [-0.1, -0.05) is 0 Å². The maximum Gasteiger partial charge on any atom is 0.222 e. The van der Waals surface area contributed by atoms with Crippen LogP contribution in [0.4, 0.5) is 10.3 Å². The summed E-state index contributed by atoms with van der Waals surface area (Å²) in [6, 6.07) is 0.257. The molecule has 0 aromatic carbocycles. The highest BCUT2D eigenvalue weighted by atomic mass is 19.1. The lowest BCUT2D eigenvalue weighted by molar-refractivity contribution is 0.0806. The Balaban J connectivity index is 1.79. The van der Waals surface area contributed by atoms with E-state index < -0.39 is 5.82 Å². The molecule has 2 N–H and O–H groups in total. The van der Waals surface area contributed by atoms with Crippen molar-refractivity contribution in [1.29, 1.82) is 0 Å². The number of morpholine rings is 1. The van der Waals surface area contributed by atoms with Crippen LogP contribution < -0.4 is 10.6 Å². The third-order valence-corrected chi connectivity index (χ3v) is 2.13. The van der Waals surface area contributed by atoms with Gasteiger partial charge < -0.3 is 15.4 Å². The van der Waals surface area contributed by atoms with E-state index in [1.165, 1.54) is 0 Å². The number of aromatic nitrogens is 2. The number of nitrogens with zero attached hydrogens (tertiary/aromatic N) is 2. The maximum absolute atomic E-state index is 12.5. The molecule has 2 heterocycles. The molecule has 1 saturated heterocycles. The minimum atomic E-state index is -0.431. The fourth-order valence-electron chi connectivity index (χ4n) is 1.37. The third-order valence-electron chi connectivity index (χ3n) is 2.13. The number of hydrogen-bond donors (Lipinski definition) is 2. The van der Waals surface area contributed by atoms with E-state index in [2.05, 4.69) is 20.6 Å². The van der Waals surface area contributed by atoms with E-state index in [9.17, 15) is 4.39 Å². The van der Waals surface area contributed by atoms with Gasteiger partial charge >= 0.3 is 0 Å². The summed E-state index contributed by atoms with van der Waals surface area (Å²) >= 11 is 0. The van der Waals surface area contributed by atoms with Crippen molar-refractivity contribution in [3.63, 3.8) is 0 Å². The van der Waals surface area contributed by atoms with Crippen LogP contribution in [0.15, 0.2) is 12.4 Å². The summed E-state index contributed by atoms with van der Waals surface area (Å²) < 4.78 is 17.8. The molecule has 1 atom stereocenters. The van der Waals surface area contributed by atoms with Crippen molar-refractivity contribution in [2.75, 3.05) is 31.6 Å². The van der Waals surface area contributed by atoms with Gasteiger partial charge in [-0.3, -0.25) is 0 Å². The van der Waals surface area contributed by atoms with Crippen molar-refractivity contribution in [3.8, 4) is 0 Å². The maximum atomic E-state index is 12.5. The van der Waals surface area contributed by atoms with Crippen LogP contribution >= 0.6 is 0 Å². The Morgan fingerprint density at radius 3 is 3.00 bits per heavy atom. The van der Waals surface area contributed by atoms with Crippen LogP contribution in [0.5, 0.6) is 0 Å². The van der Waals surface area contributed by atoms with Crippen LogP contribution in [0.2, 0.25) is 0 Å². The zero-order valence-electron chi connectivity index (χ0n) is 8.24. The Bertz CT molecular complexity index is 299. The molecule has 0 spiro atoms. The highest BCUT2D eigenvalue weighted by Gasteiger charge is 2.12. The molecule has 82 valence electrons. The second-order valence-corrected chi connectivity index (χ2v) is 3.33. The first-order valence-corrected chi connectivity index (χ1v) is 4.87. The molecule has 1 aromatic heterocycles. The number of anilines is 1. The van der Waals surface area contributed by atoms with Gasteiger partial charge in [-0.25, -0.2) is 14.4 Å². The number of ether oxygens (including phenoxy) is 1. The van der Waals surface area contributed by atoms with Gasteiger partial charge in [0.25, 0.3) is 0 Å². The first-order chi connectivity index (χ1) is 7.34. The van der Waals surface area contributed by atoms with Crippen LogP contribution in [0.25, 0.3) is 0 Å². The molecule has 0 aliphatic carbocycles. The molecule has 0 bridgehead atoms. The third kappa shape index (κ3) is 3.10. The predicted molar refractivity (Wildman–Crippen MR) is 53.1 cm³/mol. The molecule has 0 radical (unpaired) electrons. The van der Waals surface area contributed by atoms with Gasteiger partial charge in [0.15, 0.2) is 5.82 Å². The summed E-state index contributed by atoms with van der Waals surface area (Å²) in [5, 5.41) is 6.29. The smallest absolute Gasteiger partial charge is 0.222 e. The van der Waals surface area contributed by atoms with Crippen molar-refractivity contribution in [3.05, 3.63) is 18.2 Å². The standard InChI is InChI=1S/C9H13FN4O/c10-7-3-12-9(13-4-7)14-5-8-6-15-2-1-11-8/h3-4,8,11H,1-2,5-6H2,(H,12,13,14). The van der Waals surface area contributed by atoms with Crippen LogP contribution in [-0.2, 0) is 4.74 Å². The molecule has 5 nitrogen and oxygen atoms in total. The van der Waals surface area contributed by atoms with Crippen molar-refractivity contribution in [2.24, 2.45) is 0 Å². The van der Waals surface area contributed by atoms with Crippen molar-refractivity contribution in [1.82, 2.24) is 15.3 Å². The minimum Gasteiger partial charge on any atom is -0.378 e. The summed E-state index contributed by atoms with van der Waals surface area (Å²) in [5.41, 5.74) is 0. The lowest BCUT2D eigenvalue weighted by Crippen LogP contribution is -2.45. The zero-order valence-corrected chi connectivity index (χ0v) is 8.24. The first kappa shape index (κ1) is 10.3. The van der Waals surface area contributed by atoms with Crippen LogP contribution in [-0.4, -0.2) is 42.3 Å². The lowest BCUT2D eigenvalue weighted by atomic mass is 10.3. The van der Waals surface area contributed by atoms with E-state index in [0.717, 1.165) is 25.5 Å². The van der Waals surface area contributed by atoms with Gasteiger partial charge in [0, 0.05) is 19.1 Å². The summed E-state index contributed by atoms with van der Waals surface area (Å²) in [7, 11) is 0. The molecule has 1 fully saturated rings. The second-order valence-electron chi connectivity index (χ2n) is 3.33. The molecule has 0 amide bonds. The van der Waals surface area contributed by atoms with Crippen molar-refractivity contribution >= 4 is 5.95 Å². The number of hydrogen-bond acceptors (Lipinski definition) is 5. The van der Waals surface area contributed by atoms with E-state index in [1.54, 1.807) is 0 Å². The van der Waals surface area contributed by atoms with E-state index >= 15 is 0 Å². The average molecular weight is 212 g/mol. The second kappa shape index (κ2) is 4.99. The first-order valence-electron chi connectivity index (χ1n) is 4.87. The Labute approximate surface area is 87.1 Å².